The zero-order valence-corrected chi connectivity index (χ0v) is 12.8. The standard InChI is InChI=1S/C12H12BrN3O2S/c1-7-14-15-12(16(7)2)19-6-9-4-3-8(11(17)18)5-10(9)13/h3-5H,6H2,1-2H3,(H,17,18). The van der Waals surface area contributed by atoms with E-state index in [9.17, 15) is 4.79 Å². The van der Waals surface area contributed by atoms with Crippen molar-refractivity contribution in [2.75, 3.05) is 0 Å². The number of carboxylic acids is 1. The lowest BCUT2D eigenvalue weighted by atomic mass is 10.1. The highest BCUT2D eigenvalue weighted by atomic mass is 79.9. The normalized spacial score (nSPS) is 10.7. The molecule has 0 saturated carbocycles. The highest BCUT2D eigenvalue weighted by Crippen LogP contribution is 2.26. The summed E-state index contributed by atoms with van der Waals surface area (Å²) in [5, 5.41) is 17.8. The van der Waals surface area contributed by atoms with E-state index in [2.05, 4.69) is 26.1 Å². The molecule has 0 amide bonds. The van der Waals surface area contributed by atoms with Gasteiger partial charge in [0.2, 0.25) is 0 Å². The predicted octanol–water partition coefficient (Wildman–Crippen LogP) is 2.88. The van der Waals surface area contributed by atoms with Gasteiger partial charge in [-0.15, -0.1) is 10.2 Å². The van der Waals surface area contributed by atoms with E-state index in [-0.39, 0.29) is 5.56 Å². The van der Waals surface area contributed by atoms with E-state index in [0.717, 1.165) is 21.0 Å². The molecule has 1 N–H and O–H groups in total. The van der Waals surface area contributed by atoms with Gasteiger partial charge < -0.3 is 9.67 Å². The zero-order chi connectivity index (χ0) is 14.0. The van der Waals surface area contributed by atoms with Crippen molar-refractivity contribution >= 4 is 33.7 Å². The van der Waals surface area contributed by atoms with Gasteiger partial charge in [0.1, 0.15) is 5.82 Å². The monoisotopic (exact) mass is 341 g/mol. The molecule has 100 valence electrons. The maximum absolute atomic E-state index is 10.8. The fraction of sp³-hybridized carbons (Fsp3) is 0.250. The average Bonchev–Trinajstić information content (AvgIpc) is 2.68. The third kappa shape index (κ3) is 3.16. The molecular formula is C12H12BrN3O2S. The molecular weight excluding hydrogens is 330 g/mol. The quantitative estimate of drug-likeness (QED) is 0.866. The summed E-state index contributed by atoms with van der Waals surface area (Å²) < 4.78 is 2.71. The van der Waals surface area contributed by atoms with Crippen LogP contribution in [0.4, 0.5) is 0 Å². The molecule has 2 aromatic rings. The molecule has 19 heavy (non-hydrogen) atoms. The Morgan fingerprint density at radius 2 is 2.21 bits per heavy atom. The Labute approximate surface area is 123 Å². The average molecular weight is 342 g/mol. The summed E-state index contributed by atoms with van der Waals surface area (Å²) in [6.07, 6.45) is 0. The number of carbonyl (C=O) groups is 1. The van der Waals surface area contributed by atoms with Gasteiger partial charge in [0.05, 0.1) is 5.56 Å². The molecule has 0 unspecified atom stereocenters. The highest BCUT2D eigenvalue weighted by Gasteiger charge is 2.09. The van der Waals surface area contributed by atoms with Gasteiger partial charge in [-0.1, -0.05) is 33.8 Å². The number of thioether (sulfide) groups is 1. The summed E-state index contributed by atoms with van der Waals surface area (Å²) in [5.74, 6) is 0.638. The van der Waals surface area contributed by atoms with Gasteiger partial charge in [0.15, 0.2) is 5.16 Å². The second kappa shape index (κ2) is 5.75. The SMILES string of the molecule is Cc1nnc(SCc2ccc(C(=O)O)cc2Br)n1C. The molecule has 1 heterocycles. The number of benzene rings is 1. The van der Waals surface area contributed by atoms with Crippen LogP contribution < -0.4 is 0 Å². The Morgan fingerprint density at radius 3 is 2.74 bits per heavy atom. The minimum absolute atomic E-state index is 0.273. The number of aromatic nitrogens is 3. The van der Waals surface area contributed by atoms with Crippen molar-refractivity contribution in [3.05, 3.63) is 39.6 Å². The summed E-state index contributed by atoms with van der Waals surface area (Å²) in [4.78, 5) is 10.8. The number of rotatable bonds is 4. The van der Waals surface area contributed by atoms with Crippen LogP contribution in [0.3, 0.4) is 0 Å². The van der Waals surface area contributed by atoms with E-state index >= 15 is 0 Å². The Balaban J connectivity index is 2.12. The topological polar surface area (TPSA) is 68.0 Å². The van der Waals surface area contributed by atoms with E-state index in [1.165, 1.54) is 0 Å². The van der Waals surface area contributed by atoms with Crippen LogP contribution in [0.5, 0.6) is 0 Å². The number of aromatic carboxylic acids is 1. The Kier molecular flexibility index (Phi) is 4.26. The fourth-order valence-electron chi connectivity index (χ4n) is 1.45. The van der Waals surface area contributed by atoms with E-state index in [1.54, 1.807) is 23.9 Å². The first-order valence-electron chi connectivity index (χ1n) is 5.49. The van der Waals surface area contributed by atoms with Crippen molar-refractivity contribution in [3.63, 3.8) is 0 Å². The second-order valence-electron chi connectivity index (χ2n) is 3.99. The Hall–Kier alpha value is -1.34. The molecule has 0 aliphatic heterocycles. The number of hydrogen-bond acceptors (Lipinski definition) is 4. The van der Waals surface area contributed by atoms with Crippen molar-refractivity contribution in [3.8, 4) is 0 Å². The van der Waals surface area contributed by atoms with Crippen molar-refractivity contribution < 1.29 is 9.90 Å². The third-order valence-electron chi connectivity index (χ3n) is 2.71. The van der Waals surface area contributed by atoms with E-state index < -0.39 is 5.97 Å². The minimum Gasteiger partial charge on any atom is -0.478 e. The number of halogens is 1. The van der Waals surface area contributed by atoms with Gasteiger partial charge in [-0.05, 0) is 24.6 Å². The molecule has 0 spiro atoms. The maximum Gasteiger partial charge on any atom is 0.335 e. The molecule has 0 bridgehead atoms. The number of nitrogens with zero attached hydrogens (tertiary/aromatic N) is 3. The van der Waals surface area contributed by atoms with Gasteiger partial charge in [-0.2, -0.15) is 0 Å². The second-order valence-corrected chi connectivity index (χ2v) is 5.79. The lowest BCUT2D eigenvalue weighted by Gasteiger charge is -2.05. The highest BCUT2D eigenvalue weighted by molar-refractivity contribution is 9.10. The summed E-state index contributed by atoms with van der Waals surface area (Å²) in [5.41, 5.74) is 1.30. The van der Waals surface area contributed by atoms with Crippen LogP contribution in [-0.2, 0) is 12.8 Å². The molecule has 0 atom stereocenters. The van der Waals surface area contributed by atoms with Crippen molar-refractivity contribution in [2.24, 2.45) is 7.05 Å². The summed E-state index contributed by atoms with van der Waals surface area (Å²) in [7, 11) is 1.92. The largest absolute Gasteiger partial charge is 0.478 e. The Morgan fingerprint density at radius 1 is 1.47 bits per heavy atom. The van der Waals surface area contributed by atoms with Gasteiger partial charge in [0, 0.05) is 17.3 Å². The molecule has 7 heteroatoms. The first-order valence-corrected chi connectivity index (χ1v) is 7.27. The van der Waals surface area contributed by atoms with E-state index in [4.69, 9.17) is 5.11 Å². The van der Waals surface area contributed by atoms with Crippen molar-refractivity contribution in [2.45, 2.75) is 17.8 Å². The van der Waals surface area contributed by atoms with Crippen LogP contribution in [0.15, 0.2) is 27.8 Å². The van der Waals surface area contributed by atoms with Crippen molar-refractivity contribution in [1.82, 2.24) is 14.8 Å². The summed E-state index contributed by atoms with van der Waals surface area (Å²) in [6.45, 7) is 1.90. The molecule has 0 aliphatic carbocycles. The molecule has 1 aromatic carbocycles. The number of aryl methyl sites for hydroxylation is 1. The Bertz CT molecular complexity index is 627. The maximum atomic E-state index is 10.8. The summed E-state index contributed by atoms with van der Waals surface area (Å²) >= 11 is 4.95. The third-order valence-corrected chi connectivity index (χ3v) is 4.52. The van der Waals surface area contributed by atoms with Crippen molar-refractivity contribution in [1.29, 1.82) is 0 Å². The zero-order valence-electron chi connectivity index (χ0n) is 10.4. The van der Waals surface area contributed by atoms with Crippen LogP contribution in [-0.4, -0.2) is 25.8 Å². The van der Waals surface area contributed by atoms with Crippen LogP contribution in [0.25, 0.3) is 0 Å². The van der Waals surface area contributed by atoms with Crippen LogP contribution in [0.1, 0.15) is 21.7 Å². The lowest BCUT2D eigenvalue weighted by molar-refractivity contribution is 0.0697. The number of hydrogen-bond donors (Lipinski definition) is 1. The first-order chi connectivity index (χ1) is 8.99. The number of carboxylic acid groups (broad SMARTS) is 1. The van der Waals surface area contributed by atoms with Gasteiger partial charge >= 0.3 is 5.97 Å². The van der Waals surface area contributed by atoms with Crippen LogP contribution >= 0.6 is 27.7 Å². The van der Waals surface area contributed by atoms with Gasteiger partial charge in [0.25, 0.3) is 0 Å². The molecule has 2 rings (SSSR count). The fourth-order valence-corrected chi connectivity index (χ4v) is 3.12. The van der Waals surface area contributed by atoms with Gasteiger partial charge in [-0.3, -0.25) is 0 Å². The predicted molar refractivity (Wildman–Crippen MR) is 76.4 cm³/mol. The molecule has 0 fully saturated rings. The lowest BCUT2D eigenvalue weighted by Crippen LogP contribution is -1.97. The minimum atomic E-state index is -0.927. The van der Waals surface area contributed by atoms with Crippen LogP contribution in [0, 0.1) is 6.92 Å². The molecule has 1 aromatic heterocycles. The van der Waals surface area contributed by atoms with E-state index in [1.807, 2.05) is 24.6 Å². The summed E-state index contributed by atoms with van der Waals surface area (Å²) in [6, 6.07) is 5.02. The molecule has 0 aliphatic rings. The van der Waals surface area contributed by atoms with Crippen LogP contribution in [0.2, 0.25) is 0 Å². The first kappa shape index (κ1) is 14.1. The molecule has 5 nitrogen and oxygen atoms in total. The van der Waals surface area contributed by atoms with Gasteiger partial charge in [-0.25, -0.2) is 4.79 Å². The smallest absolute Gasteiger partial charge is 0.335 e. The van der Waals surface area contributed by atoms with E-state index in [0.29, 0.717) is 5.75 Å². The molecule has 0 radical (unpaired) electrons. The molecule has 0 saturated heterocycles.